The third-order valence-electron chi connectivity index (χ3n) is 0.950. The third kappa shape index (κ3) is 4.87. The van der Waals surface area contributed by atoms with Gasteiger partial charge < -0.3 is 5.32 Å². The van der Waals surface area contributed by atoms with Crippen molar-refractivity contribution in [2.75, 3.05) is 6.54 Å². The van der Waals surface area contributed by atoms with Crippen LogP contribution < -0.4 is 5.32 Å². The lowest BCUT2D eigenvalue weighted by molar-refractivity contribution is 0.600. The van der Waals surface area contributed by atoms with Crippen LogP contribution in [0.5, 0.6) is 0 Å². The maximum absolute atomic E-state index is 8.19. The fourth-order valence-electron chi connectivity index (χ4n) is 0.442. The van der Waals surface area contributed by atoms with Crippen LogP contribution in [0.25, 0.3) is 0 Å². The lowest BCUT2D eigenvalue weighted by Gasteiger charge is -2.04. The molecule has 0 aromatic heterocycles. The van der Waals surface area contributed by atoms with E-state index in [2.05, 4.69) is 11.2 Å². The fourth-order valence-corrected chi connectivity index (χ4v) is 0.442. The Labute approximate surface area is 55.9 Å². The number of nitrogens with one attached hydrogen (secondary N) is 1. The summed E-state index contributed by atoms with van der Waals surface area (Å²) in [5.74, 6) is 2.44. The SMILES string of the molecule is C#CCNC(C)CC#N. The quantitative estimate of drug-likeness (QED) is 0.554. The second-order valence-corrected chi connectivity index (χ2v) is 1.85. The Balaban J connectivity index is 3.21. The van der Waals surface area contributed by atoms with Gasteiger partial charge in [0.2, 0.25) is 0 Å². The number of hydrogen-bond donors (Lipinski definition) is 1. The van der Waals surface area contributed by atoms with Crippen LogP contribution in [0.4, 0.5) is 0 Å². The van der Waals surface area contributed by atoms with Crippen molar-refractivity contribution in [2.24, 2.45) is 0 Å². The monoisotopic (exact) mass is 122 g/mol. The first kappa shape index (κ1) is 8.01. The first-order valence-corrected chi connectivity index (χ1v) is 2.85. The van der Waals surface area contributed by atoms with Gasteiger partial charge in [-0.05, 0) is 6.92 Å². The molecule has 0 aromatic carbocycles. The van der Waals surface area contributed by atoms with Crippen molar-refractivity contribution >= 4 is 0 Å². The highest BCUT2D eigenvalue weighted by Gasteiger charge is 1.95. The van der Waals surface area contributed by atoms with Crippen LogP contribution in [0.15, 0.2) is 0 Å². The summed E-state index contributed by atoms with van der Waals surface area (Å²) in [7, 11) is 0. The van der Waals surface area contributed by atoms with Gasteiger partial charge in [-0.15, -0.1) is 6.42 Å². The number of terminal acetylenes is 1. The van der Waals surface area contributed by atoms with Gasteiger partial charge in [0.05, 0.1) is 19.0 Å². The molecule has 2 nitrogen and oxygen atoms in total. The van der Waals surface area contributed by atoms with Gasteiger partial charge in [-0.2, -0.15) is 5.26 Å². The van der Waals surface area contributed by atoms with Crippen molar-refractivity contribution in [3.8, 4) is 18.4 Å². The highest BCUT2D eigenvalue weighted by molar-refractivity contribution is 4.89. The van der Waals surface area contributed by atoms with E-state index in [4.69, 9.17) is 11.7 Å². The van der Waals surface area contributed by atoms with Gasteiger partial charge in [-0.3, -0.25) is 0 Å². The predicted molar refractivity (Wildman–Crippen MR) is 36.5 cm³/mol. The van der Waals surface area contributed by atoms with Gasteiger partial charge in [-0.25, -0.2) is 0 Å². The average molecular weight is 122 g/mol. The standard InChI is InChI=1S/C7H10N2/c1-3-6-9-7(2)4-5-8/h1,7,9H,4,6H2,2H3. The number of nitrogens with zero attached hydrogens (tertiary/aromatic N) is 1. The molecule has 1 atom stereocenters. The van der Waals surface area contributed by atoms with E-state index in [1.165, 1.54) is 0 Å². The second-order valence-electron chi connectivity index (χ2n) is 1.85. The molecule has 0 saturated carbocycles. The highest BCUT2D eigenvalue weighted by atomic mass is 14.9. The van der Waals surface area contributed by atoms with Crippen LogP contribution in [0, 0.1) is 23.7 Å². The van der Waals surface area contributed by atoms with E-state index in [9.17, 15) is 0 Å². The van der Waals surface area contributed by atoms with Crippen LogP contribution in [0.1, 0.15) is 13.3 Å². The van der Waals surface area contributed by atoms with Crippen LogP contribution in [0.3, 0.4) is 0 Å². The highest BCUT2D eigenvalue weighted by Crippen LogP contribution is 1.84. The fraction of sp³-hybridized carbons (Fsp3) is 0.571. The molecule has 0 bridgehead atoms. The molecule has 0 heterocycles. The van der Waals surface area contributed by atoms with E-state index in [1.807, 2.05) is 13.0 Å². The molecule has 0 aromatic rings. The molecule has 2 heteroatoms. The Kier molecular flexibility index (Phi) is 4.59. The lowest BCUT2D eigenvalue weighted by atomic mass is 10.2. The molecule has 9 heavy (non-hydrogen) atoms. The van der Waals surface area contributed by atoms with Crippen molar-refractivity contribution in [3.05, 3.63) is 0 Å². The minimum Gasteiger partial charge on any atom is -0.303 e. The van der Waals surface area contributed by atoms with Gasteiger partial charge in [0.15, 0.2) is 0 Å². The Bertz CT molecular complexity index is 138. The van der Waals surface area contributed by atoms with Gasteiger partial charge >= 0.3 is 0 Å². The van der Waals surface area contributed by atoms with E-state index < -0.39 is 0 Å². The Morgan fingerprint density at radius 2 is 2.44 bits per heavy atom. The van der Waals surface area contributed by atoms with Crippen molar-refractivity contribution in [3.63, 3.8) is 0 Å². The Hall–Kier alpha value is -0.990. The van der Waals surface area contributed by atoms with E-state index in [1.54, 1.807) is 0 Å². The minimum atomic E-state index is 0.214. The molecule has 0 aliphatic rings. The molecule has 0 aliphatic carbocycles. The van der Waals surface area contributed by atoms with Crippen molar-refractivity contribution in [1.82, 2.24) is 5.32 Å². The van der Waals surface area contributed by atoms with Gasteiger partial charge in [0.1, 0.15) is 0 Å². The Morgan fingerprint density at radius 1 is 1.78 bits per heavy atom. The summed E-state index contributed by atoms with van der Waals surface area (Å²) in [6.45, 7) is 2.48. The first-order chi connectivity index (χ1) is 4.31. The summed E-state index contributed by atoms with van der Waals surface area (Å²) in [5.41, 5.74) is 0. The summed E-state index contributed by atoms with van der Waals surface area (Å²) >= 11 is 0. The minimum absolute atomic E-state index is 0.214. The topological polar surface area (TPSA) is 35.8 Å². The molecule has 0 fully saturated rings. The zero-order valence-corrected chi connectivity index (χ0v) is 5.52. The summed E-state index contributed by atoms with van der Waals surface area (Å²) in [5, 5.41) is 11.2. The molecule has 1 unspecified atom stereocenters. The van der Waals surface area contributed by atoms with E-state index in [0.717, 1.165) is 0 Å². The molecule has 0 saturated heterocycles. The molecule has 0 aliphatic heterocycles. The van der Waals surface area contributed by atoms with E-state index in [0.29, 0.717) is 13.0 Å². The van der Waals surface area contributed by atoms with Gasteiger partial charge in [0.25, 0.3) is 0 Å². The number of hydrogen-bond acceptors (Lipinski definition) is 2. The van der Waals surface area contributed by atoms with Gasteiger partial charge in [-0.1, -0.05) is 5.92 Å². The molecule has 0 amide bonds. The van der Waals surface area contributed by atoms with Crippen molar-refractivity contribution in [2.45, 2.75) is 19.4 Å². The molecule has 48 valence electrons. The van der Waals surface area contributed by atoms with Crippen LogP contribution in [-0.4, -0.2) is 12.6 Å². The smallest absolute Gasteiger partial charge is 0.0638 e. The summed E-state index contributed by atoms with van der Waals surface area (Å²) in [4.78, 5) is 0. The number of nitriles is 1. The molecule has 1 N–H and O–H groups in total. The summed E-state index contributed by atoms with van der Waals surface area (Å²) < 4.78 is 0. The van der Waals surface area contributed by atoms with Gasteiger partial charge in [0, 0.05) is 6.04 Å². The lowest BCUT2D eigenvalue weighted by Crippen LogP contribution is -2.25. The summed E-state index contributed by atoms with van der Waals surface area (Å²) in [6, 6.07) is 2.26. The van der Waals surface area contributed by atoms with Crippen LogP contribution >= 0.6 is 0 Å². The molecule has 0 spiro atoms. The second kappa shape index (κ2) is 5.15. The van der Waals surface area contributed by atoms with Crippen LogP contribution in [0.2, 0.25) is 0 Å². The zero-order chi connectivity index (χ0) is 7.11. The molecule has 0 rings (SSSR count). The largest absolute Gasteiger partial charge is 0.303 e. The molecule has 0 radical (unpaired) electrons. The molecular formula is C7H10N2. The maximum atomic E-state index is 8.19. The number of rotatable bonds is 3. The predicted octanol–water partition coefficient (Wildman–Crippen LogP) is 0.511. The Morgan fingerprint density at radius 3 is 2.89 bits per heavy atom. The average Bonchev–Trinajstić information content (AvgIpc) is 1.85. The van der Waals surface area contributed by atoms with E-state index in [-0.39, 0.29) is 6.04 Å². The molecular weight excluding hydrogens is 112 g/mol. The zero-order valence-electron chi connectivity index (χ0n) is 5.52. The van der Waals surface area contributed by atoms with E-state index >= 15 is 0 Å². The summed E-state index contributed by atoms with van der Waals surface area (Å²) in [6.07, 6.45) is 5.49. The van der Waals surface area contributed by atoms with Crippen molar-refractivity contribution in [1.29, 1.82) is 5.26 Å². The first-order valence-electron chi connectivity index (χ1n) is 2.85. The normalized spacial score (nSPS) is 11.4. The maximum Gasteiger partial charge on any atom is 0.0638 e. The third-order valence-corrected chi connectivity index (χ3v) is 0.950. The van der Waals surface area contributed by atoms with Crippen LogP contribution in [-0.2, 0) is 0 Å². The van der Waals surface area contributed by atoms with Crippen molar-refractivity contribution < 1.29 is 0 Å².